The number of hydrogen-bond donors (Lipinski definition) is 2. The quantitative estimate of drug-likeness (QED) is 0.740. The van der Waals surface area contributed by atoms with Crippen LogP contribution in [0.4, 0.5) is 0 Å². The van der Waals surface area contributed by atoms with Crippen molar-refractivity contribution in [3.63, 3.8) is 0 Å². The van der Waals surface area contributed by atoms with Gasteiger partial charge in [0.25, 0.3) is 0 Å². The maximum atomic E-state index is 12.5. The molecule has 1 aromatic carbocycles. The summed E-state index contributed by atoms with van der Waals surface area (Å²) in [4.78, 5) is 11.7. The van der Waals surface area contributed by atoms with Gasteiger partial charge in [0.15, 0.2) is 0 Å². The number of carbonyl (C=O) groups is 1. The van der Waals surface area contributed by atoms with E-state index in [0.717, 1.165) is 4.31 Å². The third-order valence-corrected chi connectivity index (χ3v) is 4.74. The second kappa shape index (κ2) is 6.97. The van der Waals surface area contributed by atoms with Gasteiger partial charge < -0.3 is 11.1 Å². The lowest BCUT2D eigenvalue weighted by atomic mass is 10.2. The van der Waals surface area contributed by atoms with Crippen LogP contribution in [-0.4, -0.2) is 43.3 Å². The van der Waals surface area contributed by atoms with Gasteiger partial charge in [0, 0.05) is 18.7 Å². The Bertz CT molecular complexity index is 642. The topological polar surface area (TPSA) is 92.5 Å². The Labute approximate surface area is 130 Å². The van der Waals surface area contributed by atoms with Crippen LogP contribution in [0.2, 0.25) is 0 Å². The first-order valence-corrected chi connectivity index (χ1v) is 8.15. The zero-order chi connectivity index (χ0) is 16.2. The molecule has 0 radical (unpaired) electrons. The maximum absolute atomic E-state index is 12.5. The van der Waals surface area contributed by atoms with Gasteiger partial charge in [-0.2, -0.15) is 4.31 Å². The Hall–Kier alpha value is -1.51. The molecule has 21 heavy (non-hydrogen) atoms. The smallest absolute Gasteiger partial charge is 0.243 e. The molecule has 116 valence electrons. The van der Waals surface area contributed by atoms with Gasteiger partial charge in [0.1, 0.15) is 4.99 Å². The number of carbonyl (C=O) groups excluding carboxylic acids is 1. The molecule has 1 aromatic rings. The van der Waals surface area contributed by atoms with Crippen LogP contribution in [0.3, 0.4) is 0 Å². The molecule has 0 spiro atoms. The van der Waals surface area contributed by atoms with Crippen LogP contribution in [0.15, 0.2) is 29.2 Å². The lowest BCUT2D eigenvalue weighted by molar-refractivity contribution is -0.121. The summed E-state index contributed by atoms with van der Waals surface area (Å²) in [7, 11) is -2.50. The molecule has 8 heteroatoms. The van der Waals surface area contributed by atoms with E-state index in [1.807, 2.05) is 0 Å². The molecule has 0 aliphatic heterocycles. The van der Waals surface area contributed by atoms with Crippen LogP contribution in [0, 0.1) is 0 Å². The Morgan fingerprint density at radius 1 is 1.38 bits per heavy atom. The van der Waals surface area contributed by atoms with Crippen molar-refractivity contribution in [2.45, 2.75) is 24.8 Å². The van der Waals surface area contributed by atoms with E-state index in [2.05, 4.69) is 5.32 Å². The number of sulfonamides is 1. The second-order valence-electron chi connectivity index (χ2n) is 4.84. The highest BCUT2D eigenvalue weighted by Crippen LogP contribution is 2.19. The van der Waals surface area contributed by atoms with Crippen LogP contribution >= 0.6 is 12.2 Å². The van der Waals surface area contributed by atoms with Crippen LogP contribution in [0.25, 0.3) is 0 Å². The standard InChI is InChI=1S/C13H19N3O3S2/c1-9(2)15-12(17)8-16(3)21(18,19)11-7-5-4-6-10(11)13(14)20/h4-7,9H,8H2,1-3H3,(H2,14,20)(H,15,17). The van der Waals surface area contributed by atoms with E-state index in [0.29, 0.717) is 0 Å². The normalized spacial score (nSPS) is 11.7. The maximum Gasteiger partial charge on any atom is 0.243 e. The summed E-state index contributed by atoms with van der Waals surface area (Å²) in [5, 5.41) is 2.64. The number of nitrogens with zero attached hydrogens (tertiary/aromatic N) is 1. The molecule has 0 heterocycles. The number of thiocarbonyl (C=S) groups is 1. The summed E-state index contributed by atoms with van der Waals surface area (Å²) in [6.07, 6.45) is 0. The molecule has 0 unspecified atom stereocenters. The number of hydrogen-bond acceptors (Lipinski definition) is 4. The highest BCUT2D eigenvalue weighted by atomic mass is 32.2. The highest BCUT2D eigenvalue weighted by molar-refractivity contribution is 7.89. The third kappa shape index (κ3) is 4.48. The molecule has 1 amide bonds. The van der Waals surface area contributed by atoms with Crippen molar-refractivity contribution in [3.8, 4) is 0 Å². The minimum atomic E-state index is -3.84. The average molecular weight is 329 g/mol. The third-order valence-electron chi connectivity index (χ3n) is 2.66. The summed E-state index contributed by atoms with van der Waals surface area (Å²) >= 11 is 4.87. The van der Waals surface area contributed by atoms with Crippen molar-refractivity contribution in [3.05, 3.63) is 29.8 Å². The molecule has 0 aliphatic rings. The molecular formula is C13H19N3O3S2. The van der Waals surface area contributed by atoms with Crippen molar-refractivity contribution < 1.29 is 13.2 Å². The molecule has 1 rings (SSSR count). The highest BCUT2D eigenvalue weighted by Gasteiger charge is 2.26. The second-order valence-corrected chi connectivity index (χ2v) is 7.30. The van der Waals surface area contributed by atoms with Crippen molar-refractivity contribution in [1.82, 2.24) is 9.62 Å². The Morgan fingerprint density at radius 2 is 1.95 bits per heavy atom. The van der Waals surface area contributed by atoms with Crippen LogP contribution in [0.1, 0.15) is 19.4 Å². The molecule has 0 aliphatic carbocycles. The predicted octanol–water partition coefficient (Wildman–Crippen LogP) is 0.466. The summed E-state index contributed by atoms with van der Waals surface area (Å²) in [5.41, 5.74) is 5.81. The summed E-state index contributed by atoms with van der Waals surface area (Å²) in [5.74, 6) is -0.371. The van der Waals surface area contributed by atoms with Gasteiger partial charge in [-0.05, 0) is 19.9 Å². The van der Waals surface area contributed by atoms with Gasteiger partial charge in [0.2, 0.25) is 15.9 Å². The number of likely N-dealkylation sites (N-methyl/N-ethyl adjacent to an activating group) is 1. The minimum absolute atomic E-state index is 0.00246. The van der Waals surface area contributed by atoms with E-state index < -0.39 is 10.0 Å². The number of nitrogens with one attached hydrogen (secondary N) is 1. The summed E-state index contributed by atoms with van der Waals surface area (Å²) in [6.45, 7) is 3.33. The van der Waals surface area contributed by atoms with E-state index in [1.165, 1.54) is 19.2 Å². The van der Waals surface area contributed by atoms with E-state index >= 15 is 0 Å². The van der Waals surface area contributed by atoms with E-state index in [9.17, 15) is 13.2 Å². The molecular weight excluding hydrogens is 310 g/mol. The molecule has 0 saturated carbocycles. The first-order valence-electron chi connectivity index (χ1n) is 6.30. The summed E-state index contributed by atoms with van der Waals surface area (Å²) in [6, 6.07) is 6.13. The van der Waals surface area contributed by atoms with Crippen LogP contribution in [0.5, 0.6) is 0 Å². The Kier molecular flexibility index (Phi) is 5.82. The van der Waals surface area contributed by atoms with Crippen LogP contribution in [-0.2, 0) is 14.8 Å². The summed E-state index contributed by atoms with van der Waals surface area (Å²) < 4.78 is 26.0. The first-order chi connectivity index (χ1) is 9.66. The minimum Gasteiger partial charge on any atom is -0.389 e. The first kappa shape index (κ1) is 17.5. The Morgan fingerprint density at radius 3 is 2.48 bits per heavy atom. The van der Waals surface area contributed by atoms with Gasteiger partial charge in [-0.25, -0.2) is 8.42 Å². The van der Waals surface area contributed by atoms with Crippen molar-refractivity contribution in [2.24, 2.45) is 5.73 Å². The van der Waals surface area contributed by atoms with Crippen molar-refractivity contribution in [2.75, 3.05) is 13.6 Å². The molecule has 0 aromatic heterocycles. The molecule has 0 bridgehead atoms. The van der Waals surface area contributed by atoms with Gasteiger partial charge in [-0.1, -0.05) is 30.4 Å². The number of nitrogens with two attached hydrogens (primary N) is 1. The van der Waals surface area contributed by atoms with E-state index in [-0.39, 0.29) is 33.9 Å². The number of amides is 1. The molecule has 0 saturated heterocycles. The van der Waals surface area contributed by atoms with Gasteiger partial charge in [-0.15, -0.1) is 0 Å². The Balaban J connectivity index is 3.06. The molecule has 6 nitrogen and oxygen atoms in total. The van der Waals surface area contributed by atoms with Crippen LogP contribution < -0.4 is 11.1 Å². The largest absolute Gasteiger partial charge is 0.389 e. The zero-order valence-electron chi connectivity index (χ0n) is 12.2. The average Bonchev–Trinajstić information content (AvgIpc) is 2.37. The lowest BCUT2D eigenvalue weighted by Gasteiger charge is -2.19. The van der Waals surface area contributed by atoms with Gasteiger partial charge >= 0.3 is 0 Å². The number of rotatable bonds is 6. The number of benzene rings is 1. The van der Waals surface area contributed by atoms with E-state index in [4.69, 9.17) is 18.0 Å². The fourth-order valence-corrected chi connectivity index (χ4v) is 3.29. The molecule has 0 fully saturated rings. The zero-order valence-corrected chi connectivity index (χ0v) is 13.8. The fraction of sp³-hybridized carbons (Fsp3) is 0.385. The van der Waals surface area contributed by atoms with Crippen molar-refractivity contribution >= 4 is 33.1 Å². The fourth-order valence-electron chi connectivity index (χ4n) is 1.72. The lowest BCUT2D eigenvalue weighted by Crippen LogP contribution is -2.41. The SMILES string of the molecule is CC(C)NC(=O)CN(C)S(=O)(=O)c1ccccc1C(N)=S. The van der Waals surface area contributed by atoms with E-state index in [1.54, 1.807) is 26.0 Å². The predicted molar refractivity (Wildman–Crippen MR) is 85.4 cm³/mol. The molecule has 3 N–H and O–H groups in total. The van der Waals surface area contributed by atoms with Crippen molar-refractivity contribution in [1.29, 1.82) is 0 Å². The van der Waals surface area contributed by atoms with Gasteiger partial charge in [-0.3, -0.25) is 4.79 Å². The van der Waals surface area contributed by atoms with Gasteiger partial charge in [0.05, 0.1) is 11.4 Å². The monoisotopic (exact) mass is 329 g/mol. The molecule has 0 atom stereocenters.